The standard InChI is InChI=1S/C16H12N2/c1-2-6-16-15(5-1)14(9-11-18-16)8-7-13-4-3-10-17-12-13/h1-12H/b8-7+. The Balaban J connectivity index is 2.03. The van der Waals surface area contributed by atoms with Crippen molar-refractivity contribution in [2.24, 2.45) is 0 Å². The van der Waals surface area contributed by atoms with Crippen molar-refractivity contribution >= 4 is 23.1 Å². The molecule has 2 aromatic heterocycles. The SMILES string of the molecule is C(=C\c1ccnc2ccccc12)/c1cccnc1. The van der Waals surface area contributed by atoms with E-state index in [1.807, 2.05) is 48.8 Å². The Kier molecular flexibility index (Phi) is 2.84. The third-order valence-electron chi connectivity index (χ3n) is 2.82. The average molecular weight is 232 g/mol. The third-order valence-corrected chi connectivity index (χ3v) is 2.82. The highest BCUT2D eigenvalue weighted by atomic mass is 14.6. The second kappa shape index (κ2) is 4.80. The van der Waals surface area contributed by atoms with Crippen molar-refractivity contribution < 1.29 is 0 Å². The topological polar surface area (TPSA) is 25.8 Å². The van der Waals surface area contributed by atoms with E-state index in [0.29, 0.717) is 0 Å². The van der Waals surface area contributed by atoms with Gasteiger partial charge in [0.2, 0.25) is 0 Å². The zero-order valence-corrected chi connectivity index (χ0v) is 9.82. The van der Waals surface area contributed by atoms with Gasteiger partial charge < -0.3 is 0 Å². The highest BCUT2D eigenvalue weighted by Gasteiger charge is 1.97. The Hall–Kier alpha value is -2.48. The second-order valence-electron chi connectivity index (χ2n) is 4.04. The van der Waals surface area contributed by atoms with Crippen LogP contribution in [0.2, 0.25) is 0 Å². The monoisotopic (exact) mass is 232 g/mol. The van der Waals surface area contributed by atoms with Crippen LogP contribution in [0.5, 0.6) is 0 Å². The molecule has 2 heteroatoms. The molecule has 0 saturated carbocycles. The van der Waals surface area contributed by atoms with E-state index < -0.39 is 0 Å². The smallest absolute Gasteiger partial charge is 0.0707 e. The summed E-state index contributed by atoms with van der Waals surface area (Å²) in [5.74, 6) is 0. The molecule has 86 valence electrons. The number of benzene rings is 1. The number of hydrogen-bond donors (Lipinski definition) is 0. The van der Waals surface area contributed by atoms with Crippen LogP contribution in [-0.2, 0) is 0 Å². The number of para-hydroxylation sites is 1. The molecular weight excluding hydrogens is 220 g/mol. The molecule has 18 heavy (non-hydrogen) atoms. The summed E-state index contributed by atoms with van der Waals surface area (Å²) in [5.41, 5.74) is 3.29. The maximum Gasteiger partial charge on any atom is 0.0707 e. The van der Waals surface area contributed by atoms with Crippen molar-refractivity contribution in [2.75, 3.05) is 0 Å². The molecule has 0 N–H and O–H groups in total. The van der Waals surface area contributed by atoms with Crippen LogP contribution in [0.25, 0.3) is 23.1 Å². The molecular formula is C16H12N2. The van der Waals surface area contributed by atoms with Gasteiger partial charge in [-0.3, -0.25) is 9.97 Å². The summed E-state index contributed by atoms with van der Waals surface area (Å²) in [4.78, 5) is 8.45. The lowest BCUT2D eigenvalue weighted by atomic mass is 10.1. The van der Waals surface area contributed by atoms with Crippen molar-refractivity contribution in [1.82, 2.24) is 9.97 Å². The Morgan fingerprint density at radius 2 is 1.78 bits per heavy atom. The highest BCUT2D eigenvalue weighted by Crippen LogP contribution is 2.18. The number of aromatic nitrogens is 2. The summed E-state index contributed by atoms with van der Waals surface area (Å²) in [6, 6.07) is 14.1. The Morgan fingerprint density at radius 1 is 0.833 bits per heavy atom. The molecule has 0 aliphatic carbocycles. The molecule has 2 heterocycles. The maximum absolute atomic E-state index is 4.35. The van der Waals surface area contributed by atoms with Crippen LogP contribution in [0.15, 0.2) is 61.1 Å². The molecule has 2 nitrogen and oxygen atoms in total. The summed E-state index contributed by atoms with van der Waals surface area (Å²) in [6.07, 6.45) is 9.63. The molecule has 0 aliphatic rings. The van der Waals surface area contributed by atoms with Crippen LogP contribution in [0, 0.1) is 0 Å². The van der Waals surface area contributed by atoms with Gasteiger partial charge in [-0.05, 0) is 29.3 Å². The summed E-state index contributed by atoms with van der Waals surface area (Å²) in [6.45, 7) is 0. The number of rotatable bonds is 2. The molecule has 0 aliphatic heterocycles. The predicted molar refractivity (Wildman–Crippen MR) is 74.9 cm³/mol. The van der Waals surface area contributed by atoms with Crippen LogP contribution < -0.4 is 0 Å². The molecule has 3 rings (SSSR count). The van der Waals surface area contributed by atoms with Crippen molar-refractivity contribution in [3.8, 4) is 0 Å². The van der Waals surface area contributed by atoms with Gasteiger partial charge in [0, 0.05) is 24.0 Å². The molecule has 0 fully saturated rings. The van der Waals surface area contributed by atoms with Gasteiger partial charge in [-0.15, -0.1) is 0 Å². The lowest BCUT2D eigenvalue weighted by molar-refractivity contribution is 1.32. The lowest BCUT2D eigenvalue weighted by Crippen LogP contribution is -1.81. The van der Waals surface area contributed by atoms with Crippen LogP contribution in [0.1, 0.15) is 11.1 Å². The number of hydrogen-bond acceptors (Lipinski definition) is 2. The van der Waals surface area contributed by atoms with Gasteiger partial charge in [0.15, 0.2) is 0 Å². The van der Waals surface area contributed by atoms with E-state index >= 15 is 0 Å². The van der Waals surface area contributed by atoms with E-state index in [4.69, 9.17) is 0 Å². The van der Waals surface area contributed by atoms with E-state index in [2.05, 4.69) is 28.2 Å². The number of pyridine rings is 2. The molecule has 0 saturated heterocycles. The number of fused-ring (bicyclic) bond motifs is 1. The molecule has 0 atom stereocenters. The van der Waals surface area contributed by atoms with Crippen LogP contribution in [0.4, 0.5) is 0 Å². The Morgan fingerprint density at radius 3 is 2.67 bits per heavy atom. The maximum atomic E-state index is 4.35. The zero-order chi connectivity index (χ0) is 12.2. The summed E-state index contributed by atoms with van der Waals surface area (Å²) < 4.78 is 0. The first-order chi connectivity index (χ1) is 8.93. The molecule has 0 spiro atoms. The first-order valence-corrected chi connectivity index (χ1v) is 5.85. The molecule has 0 unspecified atom stereocenters. The fourth-order valence-corrected chi connectivity index (χ4v) is 1.92. The van der Waals surface area contributed by atoms with Gasteiger partial charge in [-0.1, -0.05) is 36.4 Å². The predicted octanol–water partition coefficient (Wildman–Crippen LogP) is 3.80. The van der Waals surface area contributed by atoms with E-state index in [1.165, 1.54) is 10.9 Å². The summed E-state index contributed by atoms with van der Waals surface area (Å²) >= 11 is 0. The molecule has 3 aromatic rings. The molecule has 0 radical (unpaired) electrons. The average Bonchev–Trinajstić information content (AvgIpc) is 2.46. The van der Waals surface area contributed by atoms with Gasteiger partial charge in [0.1, 0.15) is 0 Å². The van der Waals surface area contributed by atoms with Crippen molar-refractivity contribution in [1.29, 1.82) is 0 Å². The van der Waals surface area contributed by atoms with E-state index in [9.17, 15) is 0 Å². The number of nitrogens with zero attached hydrogens (tertiary/aromatic N) is 2. The Labute approximate surface area is 106 Å². The third kappa shape index (κ3) is 2.13. The van der Waals surface area contributed by atoms with E-state index in [1.54, 1.807) is 6.20 Å². The Bertz CT molecular complexity index is 682. The summed E-state index contributed by atoms with van der Waals surface area (Å²) in [7, 11) is 0. The first-order valence-electron chi connectivity index (χ1n) is 5.85. The highest BCUT2D eigenvalue weighted by molar-refractivity contribution is 5.90. The zero-order valence-electron chi connectivity index (χ0n) is 9.82. The quantitative estimate of drug-likeness (QED) is 0.671. The normalized spacial score (nSPS) is 11.1. The summed E-state index contributed by atoms with van der Waals surface area (Å²) in [5, 5.41) is 1.17. The molecule has 0 bridgehead atoms. The van der Waals surface area contributed by atoms with E-state index in [-0.39, 0.29) is 0 Å². The van der Waals surface area contributed by atoms with Gasteiger partial charge in [-0.2, -0.15) is 0 Å². The van der Waals surface area contributed by atoms with Crippen molar-refractivity contribution in [2.45, 2.75) is 0 Å². The minimum Gasteiger partial charge on any atom is -0.264 e. The van der Waals surface area contributed by atoms with E-state index in [0.717, 1.165) is 11.1 Å². The fourth-order valence-electron chi connectivity index (χ4n) is 1.92. The van der Waals surface area contributed by atoms with Crippen LogP contribution >= 0.6 is 0 Å². The van der Waals surface area contributed by atoms with Gasteiger partial charge in [0.25, 0.3) is 0 Å². The molecule has 1 aromatic carbocycles. The van der Waals surface area contributed by atoms with Gasteiger partial charge in [0.05, 0.1) is 5.52 Å². The molecule has 0 amide bonds. The minimum atomic E-state index is 1.02. The second-order valence-corrected chi connectivity index (χ2v) is 4.04. The largest absolute Gasteiger partial charge is 0.264 e. The van der Waals surface area contributed by atoms with Gasteiger partial charge >= 0.3 is 0 Å². The van der Waals surface area contributed by atoms with Crippen molar-refractivity contribution in [3.63, 3.8) is 0 Å². The van der Waals surface area contributed by atoms with Crippen LogP contribution in [0.3, 0.4) is 0 Å². The fraction of sp³-hybridized carbons (Fsp3) is 0. The van der Waals surface area contributed by atoms with Crippen molar-refractivity contribution in [3.05, 3.63) is 72.2 Å². The minimum absolute atomic E-state index is 1.02. The van der Waals surface area contributed by atoms with Crippen LogP contribution in [-0.4, -0.2) is 9.97 Å². The van der Waals surface area contributed by atoms with Gasteiger partial charge in [-0.25, -0.2) is 0 Å². The lowest BCUT2D eigenvalue weighted by Gasteiger charge is -2.00. The first kappa shape index (κ1) is 10.7.